The predicted molar refractivity (Wildman–Crippen MR) is 111 cm³/mol. The maximum atomic E-state index is 12.4. The number of benzene rings is 2. The SMILES string of the molecule is O=C(NCCCN1C(=O)c2ccc(Br)cc2C1=O)N(CCO)Cc1ccccc1. The summed E-state index contributed by atoms with van der Waals surface area (Å²) in [6, 6.07) is 14.2. The van der Waals surface area contributed by atoms with Crippen LogP contribution in [0.3, 0.4) is 0 Å². The van der Waals surface area contributed by atoms with Crippen molar-refractivity contribution in [2.45, 2.75) is 13.0 Å². The van der Waals surface area contributed by atoms with Gasteiger partial charge in [-0.25, -0.2) is 4.79 Å². The fraction of sp³-hybridized carbons (Fsp3) is 0.286. The van der Waals surface area contributed by atoms with E-state index in [-0.39, 0.29) is 37.5 Å². The lowest BCUT2D eigenvalue weighted by Gasteiger charge is -2.22. The molecule has 0 aromatic heterocycles. The highest BCUT2D eigenvalue weighted by Crippen LogP contribution is 2.26. The van der Waals surface area contributed by atoms with E-state index in [4.69, 9.17) is 0 Å². The van der Waals surface area contributed by atoms with Gasteiger partial charge in [0.2, 0.25) is 0 Å². The van der Waals surface area contributed by atoms with Crippen molar-refractivity contribution in [2.75, 3.05) is 26.2 Å². The smallest absolute Gasteiger partial charge is 0.317 e. The second kappa shape index (κ2) is 9.67. The molecule has 1 heterocycles. The molecule has 2 aromatic carbocycles. The number of carbonyl (C=O) groups is 3. The molecule has 0 aliphatic carbocycles. The molecule has 3 rings (SSSR count). The highest BCUT2D eigenvalue weighted by Gasteiger charge is 2.35. The Bertz CT molecular complexity index is 904. The fourth-order valence-corrected chi connectivity index (χ4v) is 3.55. The lowest BCUT2D eigenvalue weighted by molar-refractivity contribution is 0.0653. The summed E-state index contributed by atoms with van der Waals surface area (Å²) >= 11 is 3.31. The first kappa shape index (κ1) is 21.0. The largest absolute Gasteiger partial charge is 0.395 e. The molecule has 0 fully saturated rings. The summed E-state index contributed by atoms with van der Waals surface area (Å²) < 4.78 is 0.744. The summed E-state index contributed by atoms with van der Waals surface area (Å²) in [4.78, 5) is 40.0. The predicted octanol–water partition coefficient (Wildman–Crippen LogP) is 2.64. The Balaban J connectivity index is 1.50. The van der Waals surface area contributed by atoms with E-state index in [0.29, 0.717) is 30.6 Å². The zero-order valence-electron chi connectivity index (χ0n) is 15.8. The van der Waals surface area contributed by atoms with E-state index in [9.17, 15) is 19.5 Å². The van der Waals surface area contributed by atoms with Crippen molar-refractivity contribution < 1.29 is 19.5 Å². The fourth-order valence-electron chi connectivity index (χ4n) is 3.19. The Morgan fingerprint density at radius 1 is 1.07 bits per heavy atom. The minimum atomic E-state index is -0.316. The molecule has 0 atom stereocenters. The van der Waals surface area contributed by atoms with Crippen molar-refractivity contribution in [1.82, 2.24) is 15.1 Å². The molecular weight excluding hydrogens is 438 g/mol. The number of hydrogen-bond donors (Lipinski definition) is 2. The van der Waals surface area contributed by atoms with Crippen LogP contribution in [0.25, 0.3) is 0 Å². The van der Waals surface area contributed by atoms with Crippen LogP contribution in [0, 0.1) is 0 Å². The Kier molecular flexibility index (Phi) is 7.00. The molecule has 1 aliphatic heterocycles. The summed E-state index contributed by atoms with van der Waals surface area (Å²) in [6.07, 6.45) is 0.441. The van der Waals surface area contributed by atoms with Crippen molar-refractivity contribution in [3.63, 3.8) is 0 Å². The van der Waals surface area contributed by atoms with Crippen LogP contribution >= 0.6 is 15.9 Å². The molecule has 152 valence electrons. The number of hydrogen-bond acceptors (Lipinski definition) is 4. The maximum Gasteiger partial charge on any atom is 0.317 e. The average Bonchev–Trinajstić information content (AvgIpc) is 2.95. The molecule has 1 aliphatic rings. The third kappa shape index (κ3) is 5.02. The molecule has 0 saturated heterocycles. The first-order valence-corrected chi connectivity index (χ1v) is 10.1. The summed E-state index contributed by atoms with van der Waals surface area (Å²) in [7, 11) is 0. The van der Waals surface area contributed by atoms with Gasteiger partial charge in [0.15, 0.2) is 0 Å². The number of aliphatic hydroxyl groups excluding tert-OH is 1. The summed E-state index contributed by atoms with van der Waals surface area (Å²) in [5.74, 6) is -0.626. The Morgan fingerprint density at radius 3 is 2.52 bits per heavy atom. The van der Waals surface area contributed by atoms with Gasteiger partial charge in [-0.1, -0.05) is 46.3 Å². The van der Waals surface area contributed by atoms with Gasteiger partial charge in [0, 0.05) is 30.7 Å². The highest BCUT2D eigenvalue weighted by atomic mass is 79.9. The Hall–Kier alpha value is -2.71. The number of rotatable bonds is 8. The minimum absolute atomic E-state index is 0.134. The number of aliphatic hydroxyl groups is 1. The zero-order chi connectivity index (χ0) is 20.8. The normalized spacial score (nSPS) is 12.8. The zero-order valence-corrected chi connectivity index (χ0v) is 17.4. The van der Waals surface area contributed by atoms with Crippen molar-refractivity contribution in [2.24, 2.45) is 0 Å². The molecule has 0 unspecified atom stereocenters. The molecular formula is C21H22BrN3O4. The van der Waals surface area contributed by atoms with E-state index in [2.05, 4.69) is 21.2 Å². The molecule has 2 aromatic rings. The number of carbonyl (C=O) groups excluding carboxylic acids is 3. The molecule has 29 heavy (non-hydrogen) atoms. The summed E-state index contributed by atoms with van der Waals surface area (Å²) in [6.45, 7) is 1.01. The quantitative estimate of drug-likeness (QED) is 0.468. The van der Waals surface area contributed by atoms with Crippen LogP contribution < -0.4 is 5.32 Å². The van der Waals surface area contributed by atoms with Crippen LogP contribution in [0.15, 0.2) is 53.0 Å². The van der Waals surface area contributed by atoms with Crippen LogP contribution in [0.4, 0.5) is 4.79 Å². The number of amides is 4. The lowest BCUT2D eigenvalue weighted by Crippen LogP contribution is -2.42. The molecule has 8 heteroatoms. The Morgan fingerprint density at radius 2 is 1.79 bits per heavy atom. The number of urea groups is 1. The molecule has 2 N–H and O–H groups in total. The van der Waals surface area contributed by atoms with E-state index in [1.807, 2.05) is 30.3 Å². The van der Waals surface area contributed by atoms with Gasteiger partial charge < -0.3 is 15.3 Å². The van der Waals surface area contributed by atoms with E-state index in [1.54, 1.807) is 18.2 Å². The second-order valence-electron chi connectivity index (χ2n) is 6.67. The van der Waals surface area contributed by atoms with Crippen molar-refractivity contribution in [3.05, 3.63) is 69.7 Å². The van der Waals surface area contributed by atoms with Crippen LogP contribution in [0.1, 0.15) is 32.7 Å². The van der Waals surface area contributed by atoms with Gasteiger partial charge >= 0.3 is 6.03 Å². The van der Waals surface area contributed by atoms with E-state index < -0.39 is 0 Å². The van der Waals surface area contributed by atoms with Crippen LogP contribution in [-0.4, -0.2) is 59.0 Å². The van der Waals surface area contributed by atoms with Crippen molar-refractivity contribution >= 4 is 33.8 Å². The number of halogens is 1. The molecule has 0 spiro atoms. The third-order valence-corrected chi connectivity index (χ3v) is 5.13. The number of nitrogens with one attached hydrogen (secondary N) is 1. The van der Waals surface area contributed by atoms with Crippen molar-refractivity contribution in [1.29, 1.82) is 0 Å². The van der Waals surface area contributed by atoms with Gasteiger partial charge in [-0.2, -0.15) is 0 Å². The molecule has 0 saturated carbocycles. The van der Waals surface area contributed by atoms with Gasteiger partial charge in [-0.15, -0.1) is 0 Å². The van der Waals surface area contributed by atoms with E-state index in [1.165, 1.54) is 9.80 Å². The first-order chi connectivity index (χ1) is 14.0. The first-order valence-electron chi connectivity index (χ1n) is 9.34. The second-order valence-corrected chi connectivity index (χ2v) is 7.58. The van der Waals surface area contributed by atoms with Gasteiger partial charge in [0.25, 0.3) is 11.8 Å². The lowest BCUT2D eigenvalue weighted by atomic mass is 10.1. The minimum Gasteiger partial charge on any atom is -0.395 e. The van der Waals surface area contributed by atoms with Gasteiger partial charge in [0.05, 0.1) is 17.7 Å². The molecule has 0 bridgehead atoms. The molecule has 7 nitrogen and oxygen atoms in total. The van der Waals surface area contributed by atoms with Crippen LogP contribution in [0.2, 0.25) is 0 Å². The molecule has 4 amide bonds. The van der Waals surface area contributed by atoms with E-state index in [0.717, 1.165) is 10.0 Å². The summed E-state index contributed by atoms with van der Waals surface area (Å²) in [5, 5.41) is 12.0. The highest BCUT2D eigenvalue weighted by molar-refractivity contribution is 9.10. The van der Waals surface area contributed by atoms with Gasteiger partial charge in [-0.05, 0) is 30.2 Å². The van der Waals surface area contributed by atoms with Gasteiger partial charge in [-0.3, -0.25) is 14.5 Å². The summed E-state index contributed by atoms with van der Waals surface area (Å²) in [5.41, 5.74) is 1.76. The monoisotopic (exact) mass is 459 g/mol. The number of imide groups is 1. The van der Waals surface area contributed by atoms with Crippen molar-refractivity contribution in [3.8, 4) is 0 Å². The molecule has 0 radical (unpaired) electrons. The standard InChI is InChI=1S/C21H22BrN3O4/c22-16-7-8-17-18(13-16)20(28)25(19(17)27)10-4-9-23-21(29)24(11-12-26)14-15-5-2-1-3-6-15/h1-3,5-8,13,26H,4,9-12,14H2,(H,23,29). The van der Waals surface area contributed by atoms with Crippen LogP contribution in [-0.2, 0) is 6.54 Å². The van der Waals surface area contributed by atoms with Crippen LogP contribution in [0.5, 0.6) is 0 Å². The topological polar surface area (TPSA) is 90.0 Å². The number of fused-ring (bicyclic) bond motifs is 1. The third-order valence-electron chi connectivity index (χ3n) is 4.64. The average molecular weight is 460 g/mol. The van der Waals surface area contributed by atoms with Gasteiger partial charge in [0.1, 0.15) is 0 Å². The van der Waals surface area contributed by atoms with E-state index >= 15 is 0 Å². The Labute approximate surface area is 177 Å². The maximum absolute atomic E-state index is 12.4. The number of nitrogens with zero attached hydrogens (tertiary/aromatic N) is 2.